The van der Waals surface area contributed by atoms with E-state index in [-0.39, 0.29) is 28.7 Å². The van der Waals surface area contributed by atoms with Gasteiger partial charge < -0.3 is 9.64 Å². The monoisotopic (exact) mass is 572 g/mol. The molecular formula is C26H22F6N2O4S. The van der Waals surface area contributed by atoms with Gasteiger partial charge in [-0.1, -0.05) is 18.2 Å². The first-order valence-electron chi connectivity index (χ1n) is 11.7. The van der Waals surface area contributed by atoms with Crippen LogP contribution in [0.3, 0.4) is 0 Å². The third-order valence-corrected chi connectivity index (χ3v) is 7.74. The number of amides is 1. The van der Waals surface area contributed by atoms with Gasteiger partial charge in [-0.05, 0) is 72.4 Å². The van der Waals surface area contributed by atoms with E-state index < -0.39 is 51.8 Å². The lowest BCUT2D eigenvalue weighted by atomic mass is 9.99. The zero-order valence-corrected chi connectivity index (χ0v) is 20.9. The molecule has 4 rings (SSSR count). The van der Waals surface area contributed by atoms with Crippen molar-refractivity contribution in [3.63, 3.8) is 0 Å². The van der Waals surface area contributed by atoms with E-state index in [1.165, 1.54) is 29.2 Å². The standard InChI is InChI=1S/C26H22F6N2O4S/c27-19-6-10-21(11-7-19)39(36,37)15-23(35)34(14-16-1-12-22(33-13-16)26(30,31)32)24(17-2-3-17)18-4-8-20(9-5-18)38-25(28)29/h1,4-13,17,24-25H,2-3,14-15H2. The van der Waals surface area contributed by atoms with Crippen LogP contribution in [0.25, 0.3) is 0 Å². The van der Waals surface area contributed by atoms with E-state index in [1.54, 1.807) is 0 Å². The van der Waals surface area contributed by atoms with Gasteiger partial charge >= 0.3 is 12.8 Å². The molecule has 0 aliphatic heterocycles. The SMILES string of the molecule is O=C(CS(=O)(=O)c1ccc(F)cc1)N(Cc1ccc(C(F)(F)F)nc1)C(c1ccc(OC(F)F)cc1)C1CC1. The van der Waals surface area contributed by atoms with Gasteiger partial charge in [0.15, 0.2) is 9.84 Å². The van der Waals surface area contributed by atoms with Gasteiger partial charge in [-0.3, -0.25) is 9.78 Å². The largest absolute Gasteiger partial charge is 0.435 e. The fourth-order valence-corrected chi connectivity index (χ4v) is 5.37. The highest BCUT2D eigenvalue weighted by molar-refractivity contribution is 7.92. The normalized spacial score (nSPS) is 14.7. The van der Waals surface area contributed by atoms with Gasteiger partial charge in [-0.25, -0.2) is 12.8 Å². The molecule has 3 aromatic rings. The van der Waals surface area contributed by atoms with Crippen LogP contribution in [0.15, 0.2) is 71.8 Å². The molecule has 0 bridgehead atoms. The molecule has 0 radical (unpaired) electrons. The number of carbonyl (C=O) groups is 1. The summed E-state index contributed by atoms with van der Waals surface area (Å²) >= 11 is 0. The summed E-state index contributed by atoms with van der Waals surface area (Å²) in [5, 5.41) is 0. The summed E-state index contributed by atoms with van der Waals surface area (Å²) in [5.74, 6) is -2.71. The maximum atomic E-state index is 13.5. The van der Waals surface area contributed by atoms with Gasteiger partial charge in [-0.2, -0.15) is 22.0 Å². The predicted molar refractivity (Wildman–Crippen MR) is 127 cm³/mol. The van der Waals surface area contributed by atoms with Crippen molar-refractivity contribution in [3.8, 4) is 5.75 Å². The molecule has 1 heterocycles. The van der Waals surface area contributed by atoms with E-state index >= 15 is 0 Å². The second-order valence-electron chi connectivity index (χ2n) is 9.01. The molecule has 0 N–H and O–H groups in total. The number of halogens is 6. The topological polar surface area (TPSA) is 76.6 Å². The molecule has 2 aromatic carbocycles. The number of ether oxygens (including phenoxy) is 1. The van der Waals surface area contributed by atoms with Crippen LogP contribution in [-0.2, 0) is 27.4 Å². The van der Waals surface area contributed by atoms with Crippen molar-refractivity contribution in [1.82, 2.24) is 9.88 Å². The van der Waals surface area contributed by atoms with Crippen molar-refractivity contribution >= 4 is 15.7 Å². The van der Waals surface area contributed by atoms with Crippen molar-refractivity contribution in [1.29, 1.82) is 0 Å². The minimum atomic E-state index is -4.67. The number of benzene rings is 2. The number of hydrogen-bond donors (Lipinski definition) is 0. The van der Waals surface area contributed by atoms with Gasteiger partial charge in [0.1, 0.15) is 23.0 Å². The summed E-state index contributed by atoms with van der Waals surface area (Å²) in [6, 6.07) is 10.7. The van der Waals surface area contributed by atoms with Crippen molar-refractivity contribution < 1.29 is 44.3 Å². The number of pyridine rings is 1. The maximum Gasteiger partial charge on any atom is 0.433 e. The smallest absolute Gasteiger partial charge is 0.433 e. The van der Waals surface area contributed by atoms with Crippen LogP contribution in [0.1, 0.15) is 35.7 Å². The molecule has 0 saturated heterocycles. The van der Waals surface area contributed by atoms with Crippen LogP contribution in [0, 0.1) is 11.7 Å². The molecule has 1 amide bonds. The number of rotatable bonds is 10. The van der Waals surface area contributed by atoms with Crippen LogP contribution in [0.2, 0.25) is 0 Å². The second-order valence-corrected chi connectivity index (χ2v) is 11.0. The van der Waals surface area contributed by atoms with E-state index in [1.807, 2.05) is 0 Å². The van der Waals surface area contributed by atoms with Gasteiger partial charge in [0.05, 0.1) is 10.9 Å². The Balaban J connectivity index is 1.67. The maximum absolute atomic E-state index is 13.5. The first-order chi connectivity index (χ1) is 18.3. The molecular weight excluding hydrogens is 550 g/mol. The van der Waals surface area contributed by atoms with Crippen LogP contribution < -0.4 is 4.74 Å². The fraction of sp³-hybridized carbons (Fsp3) is 0.308. The molecule has 1 unspecified atom stereocenters. The lowest BCUT2D eigenvalue weighted by molar-refractivity contribution is -0.141. The number of hydrogen-bond acceptors (Lipinski definition) is 5. The molecule has 1 atom stereocenters. The summed E-state index contributed by atoms with van der Waals surface area (Å²) in [6.45, 7) is -3.31. The predicted octanol–water partition coefficient (Wildman–Crippen LogP) is 5.79. The Morgan fingerprint density at radius 2 is 1.64 bits per heavy atom. The first kappa shape index (κ1) is 28.4. The minimum absolute atomic E-state index is 0.105. The van der Waals surface area contributed by atoms with Gasteiger partial charge in [0.2, 0.25) is 5.91 Å². The summed E-state index contributed by atoms with van der Waals surface area (Å²) in [5.41, 5.74) is -0.401. The summed E-state index contributed by atoms with van der Waals surface area (Å²) in [6.07, 6.45) is -2.35. The van der Waals surface area contributed by atoms with Crippen molar-refractivity contribution in [2.24, 2.45) is 5.92 Å². The molecule has 1 fully saturated rings. The first-order valence-corrected chi connectivity index (χ1v) is 13.3. The molecule has 1 aliphatic carbocycles. The Labute approximate surface area is 220 Å². The lowest BCUT2D eigenvalue weighted by Crippen LogP contribution is -2.39. The highest BCUT2D eigenvalue weighted by atomic mass is 32.2. The zero-order valence-electron chi connectivity index (χ0n) is 20.1. The molecule has 1 saturated carbocycles. The summed E-state index contributed by atoms with van der Waals surface area (Å²) in [7, 11) is -4.21. The van der Waals surface area contributed by atoms with Crippen LogP contribution in [0.4, 0.5) is 26.3 Å². The number of sulfone groups is 1. The van der Waals surface area contributed by atoms with Crippen LogP contribution in [-0.4, -0.2) is 36.6 Å². The molecule has 0 spiro atoms. The van der Waals surface area contributed by atoms with E-state index in [2.05, 4.69) is 9.72 Å². The summed E-state index contributed by atoms with van der Waals surface area (Å²) in [4.78, 5) is 17.9. The van der Waals surface area contributed by atoms with E-state index in [9.17, 15) is 39.6 Å². The van der Waals surface area contributed by atoms with E-state index in [4.69, 9.17) is 0 Å². The molecule has 13 heteroatoms. The molecule has 208 valence electrons. The third-order valence-electron chi connectivity index (χ3n) is 6.13. The van der Waals surface area contributed by atoms with Crippen molar-refractivity contribution in [3.05, 3.63) is 89.5 Å². The zero-order chi connectivity index (χ0) is 28.4. The Bertz CT molecular complexity index is 1390. The molecule has 1 aliphatic rings. The van der Waals surface area contributed by atoms with Gasteiger partial charge in [0.25, 0.3) is 0 Å². The van der Waals surface area contributed by atoms with E-state index in [0.29, 0.717) is 18.4 Å². The molecule has 39 heavy (non-hydrogen) atoms. The fourth-order valence-electron chi connectivity index (χ4n) is 4.16. The van der Waals surface area contributed by atoms with Crippen LogP contribution >= 0.6 is 0 Å². The Hall–Kier alpha value is -3.61. The average Bonchev–Trinajstić information content (AvgIpc) is 3.69. The number of nitrogens with zero attached hydrogens (tertiary/aromatic N) is 2. The Morgan fingerprint density at radius 1 is 1.00 bits per heavy atom. The number of carbonyl (C=O) groups excluding carboxylic acids is 1. The van der Waals surface area contributed by atoms with E-state index in [0.717, 1.165) is 42.6 Å². The van der Waals surface area contributed by atoms with Gasteiger partial charge in [0, 0.05) is 12.7 Å². The Morgan fingerprint density at radius 3 is 2.15 bits per heavy atom. The number of aromatic nitrogens is 1. The lowest BCUT2D eigenvalue weighted by Gasteiger charge is -2.33. The van der Waals surface area contributed by atoms with Crippen LogP contribution in [0.5, 0.6) is 5.75 Å². The Kier molecular flexibility index (Phi) is 8.19. The third kappa shape index (κ3) is 7.28. The highest BCUT2D eigenvalue weighted by Gasteiger charge is 2.40. The molecule has 1 aromatic heterocycles. The summed E-state index contributed by atoms with van der Waals surface area (Å²) < 4.78 is 108. The minimum Gasteiger partial charge on any atom is -0.435 e. The quantitative estimate of drug-likeness (QED) is 0.227. The number of alkyl halides is 5. The second kappa shape index (κ2) is 11.2. The molecule has 6 nitrogen and oxygen atoms in total. The van der Waals surface area contributed by atoms with Crippen molar-refractivity contribution in [2.45, 2.75) is 43.1 Å². The highest BCUT2D eigenvalue weighted by Crippen LogP contribution is 2.45. The average molecular weight is 573 g/mol. The van der Waals surface area contributed by atoms with Gasteiger partial charge in [-0.15, -0.1) is 0 Å². The van der Waals surface area contributed by atoms with Crippen molar-refractivity contribution in [2.75, 3.05) is 5.75 Å².